The van der Waals surface area contributed by atoms with Gasteiger partial charge in [0.15, 0.2) is 0 Å². The second-order valence-corrected chi connectivity index (χ2v) is 4.28. The number of rotatable bonds is 3. The third-order valence-electron chi connectivity index (χ3n) is 3.40. The summed E-state index contributed by atoms with van der Waals surface area (Å²) in [4.78, 5) is 2.58. The lowest BCUT2D eigenvalue weighted by molar-refractivity contribution is 0.207. The first-order chi connectivity index (χ1) is 6.42. The van der Waals surface area contributed by atoms with Crippen LogP contribution in [0.3, 0.4) is 0 Å². The molecule has 0 radical (unpaired) electrons. The summed E-state index contributed by atoms with van der Waals surface area (Å²) >= 11 is 0. The van der Waals surface area contributed by atoms with E-state index < -0.39 is 0 Å². The quantitative estimate of drug-likeness (QED) is 0.670. The van der Waals surface area contributed by atoms with E-state index in [1.165, 1.54) is 32.2 Å². The number of hydrogen-bond acceptors (Lipinski definition) is 3. The minimum atomic E-state index is 0.784. The third kappa shape index (κ3) is 2.03. The Bertz CT molecular complexity index is 160. The fourth-order valence-corrected chi connectivity index (χ4v) is 2.68. The highest BCUT2D eigenvalue weighted by molar-refractivity contribution is 4.92. The van der Waals surface area contributed by atoms with Gasteiger partial charge in [0.25, 0.3) is 0 Å². The zero-order valence-electron chi connectivity index (χ0n) is 8.34. The van der Waals surface area contributed by atoms with E-state index in [0.29, 0.717) is 0 Å². The Hall–Kier alpha value is -0.120. The summed E-state index contributed by atoms with van der Waals surface area (Å²) in [5.41, 5.74) is 5.53. The van der Waals surface area contributed by atoms with Crippen molar-refractivity contribution in [2.24, 2.45) is 5.73 Å². The van der Waals surface area contributed by atoms with Crippen LogP contribution in [0, 0.1) is 0 Å². The molecule has 0 aromatic heterocycles. The fourth-order valence-electron chi connectivity index (χ4n) is 2.68. The Balaban J connectivity index is 1.84. The van der Waals surface area contributed by atoms with Crippen LogP contribution in [0.2, 0.25) is 0 Å². The molecule has 3 heteroatoms. The Morgan fingerprint density at radius 1 is 1.31 bits per heavy atom. The molecule has 0 aromatic carbocycles. The molecule has 1 saturated heterocycles. The van der Waals surface area contributed by atoms with E-state index in [9.17, 15) is 0 Å². The number of nitrogens with two attached hydrogens (primary N) is 1. The smallest absolute Gasteiger partial charge is 0.0486 e. The topological polar surface area (TPSA) is 41.3 Å². The van der Waals surface area contributed by atoms with Crippen LogP contribution in [0.25, 0.3) is 0 Å². The van der Waals surface area contributed by atoms with Crippen molar-refractivity contribution in [2.75, 3.05) is 19.8 Å². The highest BCUT2D eigenvalue weighted by Crippen LogP contribution is 2.26. The van der Waals surface area contributed by atoms with Crippen molar-refractivity contribution in [3.63, 3.8) is 0 Å². The van der Waals surface area contributed by atoms with Crippen molar-refractivity contribution < 1.29 is 0 Å². The normalized spacial score (nSPS) is 34.8. The van der Waals surface area contributed by atoms with Gasteiger partial charge >= 0.3 is 0 Å². The molecule has 2 aliphatic rings. The summed E-state index contributed by atoms with van der Waals surface area (Å²) in [6.07, 6.45) is 6.75. The zero-order valence-corrected chi connectivity index (χ0v) is 8.34. The maximum absolute atomic E-state index is 5.53. The van der Waals surface area contributed by atoms with Crippen LogP contribution >= 0.6 is 0 Å². The molecule has 3 N–H and O–H groups in total. The van der Waals surface area contributed by atoms with Gasteiger partial charge in [-0.1, -0.05) is 12.8 Å². The molecule has 13 heavy (non-hydrogen) atoms. The van der Waals surface area contributed by atoms with Crippen LogP contribution < -0.4 is 11.1 Å². The molecule has 0 bridgehead atoms. The first kappa shape index (κ1) is 9.44. The van der Waals surface area contributed by atoms with Gasteiger partial charge in [0.1, 0.15) is 0 Å². The van der Waals surface area contributed by atoms with Gasteiger partial charge in [0.2, 0.25) is 0 Å². The fraction of sp³-hybridized carbons (Fsp3) is 1.00. The molecule has 2 rings (SSSR count). The van der Waals surface area contributed by atoms with Crippen LogP contribution in [0.1, 0.15) is 32.1 Å². The maximum Gasteiger partial charge on any atom is 0.0486 e. The summed E-state index contributed by atoms with van der Waals surface area (Å²) < 4.78 is 0. The molecule has 2 unspecified atom stereocenters. The van der Waals surface area contributed by atoms with Crippen molar-refractivity contribution in [3.05, 3.63) is 0 Å². The minimum absolute atomic E-state index is 0.784. The summed E-state index contributed by atoms with van der Waals surface area (Å²) in [5.74, 6) is 0. The molecule has 3 nitrogen and oxygen atoms in total. The van der Waals surface area contributed by atoms with Crippen molar-refractivity contribution in [1.29, 1.82) is 0 Å². The summed E-state index contributed by atoms with van der Waals surface area (Å²) in [6, 6.07) is 1.60. The van der Waals surface area contributed by atoms with Gasteiger partial charge < -0.3 is 5.73 Å². The predicted molar refractivity (Wildman–Crippen MR) is 54.4 cm³/mol. The molecule has 2 fully saturated rings. The minimum Gasteiger partial charge on any atom is -0.330 e. The highest BCUT2D eigenvalue weighted by atomic mass is 15.3. The maximum atomic E-state index is 5.53. The van der Waals surface area contributed by atoms with Crippen molar-refractivity contribution in [1.82, 2.24) is 10.2 Å². The first-order valence-corrected chi connectivity index (χ1v) is 5.59. The highest BCUT2D eigenvalue weighted by Gasteiger charge is 2.34. The molecule has 0 aromatic rings. The lowest BCUT2D eigenvalue weighted by Crippen LogP contribution is -2.39. The van der Waals surface area contributed by atoms with Gasteiger partial charge in [-0.2, -0.15) is 0 Å². The van der Waals surface area contributed by atoms with Gasteiger partial charge in [0.05, 0.1) is 0 Å². The number of fused-ring (bicyclic) bond motifs is 1. The van der Waals surface area contributed by atoms with Gasteiger partial charge in [-0.25, -0.2) is 0 Å². The van der Waals surface area contributed by atoms with Gasteiger partial charge in [-0.05, 0) is 25.8 Å². The third-order valence-corrected chi connectivity index (χ3v) is 3.40. The standard InChI is InChI=1S/C10H21N3/c11-6-3-7-13-8-12-9-4-1-2-5-10(9)13/h9-10,12H,1-8,11H2. The van der Waals surface area contributed by atoms with Crippen LogP contribution in [0.4, 0.5) is 0 Å². The molecule has 1 aliphatic carbocycles. The number of nitrogens with one attached hydrogen (secondary N) is 1. The first-order valence-electron chi connectivity index (χ1n) is 5.59. The average molecular weight is 183 g/mol. The summed E-state index contributed by atoms with van der Waals surface area (Å²) in [7, 11) is 0. The van der Waals surface area contributed by atoms with E-state index in [0.717, 1.165) is 31.7 Å². The molecule has 0 spiro atoms. The second-order valence-electron chi connectivity index (χ2n) is 4.28. The molecule has 76 valence electrons. The van der Waals surface area contributed by atoms with E-state index in [2.05, 4.69) is 10.2 Å². The van der Waals surface area contributed by atoms with E-state index in [-0.39, 0.29) is 0 Å². The van der Waals surface area contributed by atoms with Crippen LogP contribution in [-0.4, -0.2) is 36.7 Å². The van der Waals surface area contributed by atoms with Gasteiger partial charge in [-0.3, -0.25) is 10.2 Å². The van der Waals surface area contributed by atoms with Gasteiger partial charge in [-0.15, -0.1) is 0 Å². The van der Waals surface area contributed by atoms with Gasteiger partial charge in [0, 0.05) is 25.3 Å². The number of nitrogens with zero attached hydrogens (tertiary/aromatic N) is 1. The Morgan fingerprint density at radius 3 is 3.00 bits per heavy atom. The van der Waals surface area contributed by atoms with Crippen LogP contribution in [0.15, 0.2) is 0 Å². The summed E-state index contributed by atoms with van der Waals surface area (Å²) in [6.45, 7) is 3.11. The predicted octanol–water partition coefficient (Wildman–Crippen LogP) is 0.509. The van der Waals surface area contributed by atoms with Crippen LogP contribution in [0.5, 0.6) is 0 Å². The Kier molecular flexibility index (Phi) is 3.19. The molecule has 1 heterocycles. The molecule has 2 atom stereocenters. The molecule has 1 saturated carbocycles. The van der Waals surface area contributed by atoms with Crippen LogP contribution in [-0.2, 0) is 0 Å². The van der Waals surface area contributed by atoms with E-state index in [1.807, 2.05) is 0 Å². The van der Waals surface area contributed by atoms with Crippen molar-refractivity contribution in [2.45, 2.75) is 44.2 Å². The lowest BCUT2D eigenvalue weighted by Gasteiger charge is -2.30. The van der Waals surface area contributed by atoms with E-state index in [4.69, 9.17) is 5.73 Å². The van der Waals surface area contributed by atoms with Crippen molar-refractivity contribution >= 4 is 0 Å². The lowest BCUT2D eigenvalue weighted by atomic mass is 9.91. The Morgan fingerprint density at radius 2 is 2.15 bits per heavy atom. The second kappa shape index (κ2) is 4.40. The largest absolute Gasteiger partial charge is 0.330 e. The summed E-state index contributed by atoms with van der Waals surface area (Å²) in [5, 5.41) is 3.60. The molecular weight excluding hydrogens is 162 g/mol. The molecule has 1 aliphatic heterocycles. The van der Waals surface area contributed by atoms with E-state index in [1.54, 1.807) is 0 Å². The zero-order chi connectivity index (χ0) is 9.10. The average Bonchev–Trinajstić information content (AvgIpc) is 2.58. The molecular formula is C10H21N3. The number of hydrogen-bond donors (Lipinski definition) is 2. The monoisotopic (exact) mass is 183 g/mol. The SMILES string of the molecule is NCCCN1CNC2CCCCC21. The molecule has 0 amide bonds. The van der Waals surface area contributed by atoms with E-state index >= 15 is 0 Å². The Labute approximate surface area is 80.7 Å². The van der Waals surface area contributed by atoms with Crippen molar-refractivity contribution in [3.8, 4) is 0 Å².